The third-order valence-corrected chi connectivity index (χ3v) is 6.09. The van der Waals surface area contributed by atoms with Crippen LogP contribution in [0.5, 0.6) is 0 Å². The number of nitrogens with one attached hydrogen (secondary N) is 1. The fraction of sp³-hybridized carbons (Fsp3) is 0.526. The monoisotopic (exact) mass is 315 g/mol. The van der Waals surface area contributed by atoms with Crippen molar-refractivity contribution in [2.45, 2.75) is 44.1 Å². The number of halogens is 1. The summed E-state index contributed by atoms with van der Waals surface area (Å²) in [7, 11) is 0. The molecular formula is C19H22ClNO. The van der Waals surface area contributed by atoms with Crippen LogP contribution in [0.4, 0.5) is 0 Å². The number of hydrogen-bond donors (Lipinski definition) is 1. The Morgan fingerprint density at radius 3 is 2.27 bits per heavy atom. The average Bonchev–Trinajstić information content (AvgIpc) is 2.44. The predicted octanol–water partition coefficient (Wildman–Crippen LogP) is 4.44. The molecule has 116 valence electrons. The molecule has 4 fully saturated rings. The number of amides is 1. The molecule has 1 aromatic carbocycles. The van der Waals surface area contributed by atoms with Crippen molar-refractivity contribution in [1.29, 1.82) is 0 Å². The Kier molecular flexibility index (Phi) is 3.53. The van der Waals surface area contributed by atoms with Crippen LogP contribution in [0.2, 0.25) is 5.02 Å². The molecule has 0 atom stereocenters. The SMILES string of the molecule is O=C(C=Cc1ccccc1Cl)NC12CC3CC(CC(C3)C1)C2. The lowest BCUT2D eigenvalue weighted by Crippen LogP contribution is -2.59. The van der Waals surface area contributed by atoms with Gasteiger partial charge in [0.25, 0.3) is 0 Å². The predicted molar refractivity (Wildman–Crippen MR) is 89.5 cm³/mol. The Morgan fingerprint density at radius 1 is 1.09 bits per heavy atom. The van der Waals surface area contributed by atoms with Gasteiger partial charge in [0, 0.05) is 16.6 Å². The molecule has 0 unspecified atom stereocenters. The molecule has 4 bridgehead atoms. The van der Waals surface area contributed by atoms with Gasteiger partial charge in [0.1, 0.15) is 0 Å². The molecular weight excluding hydrogens is 294 g/mol. The van der Waals surface area contributed by atoms with Crippen LogP contribution in [0.3, 0.4) is 0 Å². The van der Waals surface area contributed by atoms with Crippen molar-refractivity contribution < 1.29 is 4.79 Å². The van der Waals surface area contributed by atoms with Gasteiger partial charge in [0.05, 0.1) is 0 Å². The van der Waals surface area contributed by atoms with Crippen molar-refractivity contribution in [2.24, 2.45) is 17.8 Å². The summed E-state index contributed by atoms with van der Waals surface area (Å²) < 4.78 is 0. The first-order chi connectivity index (χ1) is 10.6. The maximum Gasteiger partial charge on any atom is 0.244 e. The number of carbonyl (C=O) groups excluding carboxylic acids is 1. The van der Waals surface area contributed by atoms with Crippen molar-refractivity contribution in [1.82, 2.24) is 5.32 Å². The highest BCUT2D eigenvalue weighted by Gasteiger charge is 2.51. The molecule has 1 N–H and O–H groups in total. The van der Waals surface area contributed by atoms with Gasteiger partial charge < -0.3 is 5.32 Å². The lowest BCUT2D eigenvalue weighted by atomic mass is 9.53. The van der Waals surface area contributed by atoms with Gasteiger partial charge in [-0.2, -0.15) is 0 Å². The van der Waals surface area contributed by atoms with Crippen LogP contribution in [0, 0.1) is 17.8 Å². The summed E-state index contributed by atoms with van der Waals surface area (Å²) in [5.41, 5.74) is 0.973. The minimum Gasteiger partial charge on any atom is -0.347 e. The van der Waals surface area contributed by atoms with Gasteiger partial charge in [-0.1, -0.05) is 29.8 Å². The molecule has 4 saturated carbocycles. The number of rotatable bonds is 3. The minimum absolute atomic E-state index is 0.0295. The second-order valence-corrected chi connectivity index (χ2v) is 7.95. The van der Waals surface area contributed by atoms with Crippen LogP contribution < -0.4 is 5.32 Å². The Bertz CT molecular complexity index is 586. The minimum atomic E-state index is 0.0295. The molecule has 2 nitrogen and oxygen atoms in total. The van der Waals surface area contributed by atoms with E-state index in [2.05, 4.69) is 5.32 Å². The maximum absolute atomic E-state index is 12.4. The largest absolute Gasteiger partial charge is 0.347 e. The number of hydrogen-bond acceptors (Lipinski definition) is 1. The zero-order chi connectivity index (χ0) is 15.2. The lowest BCUT2D eigenvalue weighted by molar-refractivity contribution is -0.122. The fourth-order valence-corrected chi connectivity index (χ4v) is 5.54. The summed E-state index contributed by atoms with van der Waals surface area (Å²) >= 11 is 6.12. The summed E-state index contributed by atoms with van der Waals surface area (Å²) in [4.78, 5) is 12.4. The van der Waals surface area contributed by atoms with Crippen molar-refractivity contribution in [3.8, 4) is 0 Å². The maximum atomic E-state index is 12.4. The van der Waals surface area contributed by atoms with E-state index in [-0.39, 0.29) is 11.4 Å². The van der Waals surface area contributed by atoms with Gasteiger partial charge in [-0.05, 0) is 74.0 Å². The van der Waals surface area contributed by atoms with E-state index in [0.717, 1.165) is 23.3 Å². The molecule has 3 heteroatoms. The van der Waals surface area contributed by atoms with Gasteiger partial charge in [0.15, 0.2) is 0 Å². The molecule has 0 aromatic heterocycles. The smallest absolute Gasteiger partial charge is 0.244 e. The van der Waals surface area contributed by atoms with Crippen LogP contribution in [0.25, 0.3) is 6.08 Å². The molecule has 1 aromatic rings. The Hall–Kier alpha value is -1.28. The second-order valence-electron chi connectivity index (χ2n) is 7.54. The zero-order valence-electron chi connectivity index (χ0n) is 12.7. The van der Waals surface area contributed by atoms with E-state index in [1.807, 2.05) is 30.3 Å². The van der Waals surface area contributed by atoms with Gasteiger partial charge in [-0.3, -0.25) is 4.79 Å². The summed E-state index contributed by atoms with van der Waals surface area (Å²) in [5, 5.41) is 4.03. The Labute approximate surface area is 136 Å². The molecule has 0 heterocycles. The highest BCUT2D eigenvalue weighted by Crippen LogP contribution is 2.55. The van der Waals surface area contributed by atoms with Crippen LogP contribution in [-0.4, -0.2) is 11.4 Å². The molecule has 4 aliphatic rings. The Morgan fingerprint density at radius 2 is 1.68 bits per heavy atom. The Balaban J connectivity index is 1.45. The molecule has 0 spiro atoms. The van der Waals surface area contributed by atoms with Crippen LogP contribution in [-0.2, 0) is 4.79 Å². The van der Waals surface area contributed by atoms with Crippen LogP contribution >= 0.6 is 11.6 Å². The van der Waals surface area contributed by atoms with Gasteiger partial charge in [-0.15, -0.1) is 0 Å². The second kappa shape index (κ2) is 5.42. The van der Waals surface area contributed by atoms with E-state index in [1.54, 1.807) is 6.08 Å². The highest BCUT2D eigenvalue weighted by molar-refractivity contribution is 6.32. The first-order valence-electron chi connectivity index (χ1n) is 8.37. The third-order valence-electron chi connectivity index (χ3n) is 5.75. The van der Waals surface area contributed by atoms with Crippen molar-refractivity contribution >= 4 is 23.6 Å². The number of benzene rings is 1. The third kappa shape index (κ3) is 2.69. The van der Waals surface area contributed by atoms with E-state index in [4.69, 9.17) is 11.6 Å². The van der Waals surface area contributed by atoms with Crippen molar-refractivity contribution in [3.05, 3.63) is 40.9 Å². The summed E-state index contributed by atoms with van der Waals surface area (Å²) in [6, 6.07) is 7.60. The normalized spacial score (nSPS) is 36.0. The lowest BCUT2D eigenvalue weighted by Gasteiger charge is -2.56. The molecule has 0 radical (unpaired) electrons. The molecule has 22 heavy (non-hydrogen) atoms. The molecule has 1 amide bonds. The van der Waals surface area contributed by atoms with Gasteiger partial charge >= 0.3 is 0 Å². The van der Waals surface area contributed by atoms with Gasteiger partial charge in [0.2, 0.25) is 5.91 Å². The molecule has 0 saturated heterocycles. The van der Waals surface area contributed by atoms with E-state index in [0.29, 0.717) is 5.02 Å². The zero-order valence-corrected chi connectivity index (χ0v) is 13.5. The van der Waals surface area contributed by atoms with Crippen molar-refractivity contribution in [3.63, 3.8) is 0 Å². The molecule has 4 aliphatic carbocycles. The highest BCUT2D eigenvalue weighted by atomic mass is 35.5. The van der Waals surface area contributed by atoms with E-state index >= 15 is 0 Å². The first kappa shape index (κ1) is 14.3. The van der Waals surface area contributed by atoms with E-state index in [9.17, 15) is 4.79 Å². The summed E-state index contributed by atoms with van der Waals surface area (Å²) in [5.74, 6) is 2.57. The quantitative estimate of drug-likeness (QED) is 0.821. The first-order valence-corrected chi connectivity index (χ1v) is 8.74. The topological polar surface area (TPSA) is 29.1 Å². The number of carbonyl (C=O) groups is 1. The van der Waals surface area contributed by atoms with E-state index in [1.165, 1.54) is 38.5 Å². The van der Waals surface area contributed by atoms with Crippen LogP contribution in [0.1, 0.15) is 44.1 Å². The standard InChI is InChI=1S/C19H22ClNO/c20-17-4-2-1-3-16(17)5-6-18(22)21-19-10-13-7-14(11-19)9-15(8-13)12-19/h1-6,13-15H,7-12H2,(H,21,22). The molecule has 0 aliphatic heterocycles. The molecule has 5 rings (SSSR count). The van der Waals surface area contributed by atoms with E-state index < -0.39 is 0 Å². The summed E-state index contributed by atoms with van der Waals surface area (Å²) in [6.07, 6.45) is 11.2. The summed E-state index contributed by atoms with van der Waals surface area (Å²) in [6.45, 7) is 0. The average molecular weight is 316 g/mol. The van der Waals surface area contributed by atoms with Gasteiger partial charge in [-0.25, -0.2) is 0 Å². The fourth-order valence-electron chi connectivity index (χ4n) is 5.34. The van der Waals surface area contributed by atoms with Crippen molar-refractivity contribution in [2.75, 3.05) is 0 Å². The van der Waals surface area contributed by atoms with Crippen LogP contribution in [0.15, 0.2) is 30.3 Å².